The molecule has 6 nitrogen and oxygen atoms in total. The van der Waals surface area contributed by atoms with Gasteiger partial charge >= 0.3 is 0 Å². The van der Waals surface area contributed by atoms with E-state index in [1.165, 1.54) is 0 Å². The van der Waals surface area contributed by atoms with E-state index in [1.807, 2.05) is 30.5 Å². The highest BCUT2D eigenvalue weighted by Gasteiger charge is 2.13. The molecular weight excluding hydrogens is 330 g/mol. The topological polar surface area (TPSA) is 63.7 Å². The number of aromatic nitrogens is 1. The number of aryl methyl sites for hydroxylation is 1. The maximum Gasteiger partial charge on any atom is 0.231 e. The van der Waals surface area contributed by atoms with Crippen molar-refractivity contribution >= 4 is 11.7 Å². The molecule has 1 amide bonds. The Morgan fingerprint density at radius 3 is 2.73 bits per heavy atom. The highest BCUT2D eigenvalue weighted by Crippen LogP contribution is 2.32. The van der Waals surface area contributed by atoms with Crippen molar-refractivity contribution in [1.29, 1.82) is 0 Å². The van der Waals surface area contributed by atoms with Crippen molar-refractivity contribution in [3.8, 4) is 11.5 Å². The molecule has 1 N–H and O–H groups in total. The van der Waals surface area contributed by atoms with Crippen molar-refractivity contribution in [3.05, 3.63) is 47.7 Å². The van der Waals surface area contributed by atoms with Crippen LogP contribution in [0.25, 0.3) is 0 Å². The van der Waals surface area contributed by atoms with Gasteiger partial charge in [0.2, 0.25) is 12.7 Å². The molecule has 138 valence electrons. The monoisotopic (exact) mass is 355 g/mol. The van der Waals surface area contributed by atoms with Crippen molar-refractivity contribution in [2.24, 2.45) is 0 Å². The number of pyridine rings is 1. The molecule has 2 aromatic rings. The van der Waals surface area contributed by atoms with Crippen molar-refractivity contribution < 1.29 is 14.3 Å². The zero-order chi connectivity index (χ0) is 18.4. The van der Waals surface area contributed by atoms with Gasteiger partial charge in [-0.25, -0.2) is 4.98 Å². The molecule has 0 bridgehead atoms. The SMILES string of the molecule is CCN(CC)c1cc(CCC(=O)NCc2ccc3c(c2)OCO3)ccn1. The summed E-state index contributed by atoms with van der Waals surface area (Å²) >= 11 is 0. The molecule has 2 heterocycles. The molecule has 0 saturated carbocycles. The molecule has 0 fully saturated rings. The van der Waals surface area contributed by atoms with E-state index in [2.05, 4.69) is 35.1 Å². The number of anilines is 1. The number of benzene rings is 1. The molecule has 6 heteroatoms. The third-order valence-electron chi connectivity index (χ3n) is 4.46. The van der Waals surface area contributed by atoms with Gasteiger partial charge in [0.25, 0.3) is 0 Å². The van der Waals surface area contributed by atoms with E-state index in [0.29, 0.717) is 19.4 Å². The summed E-state index contributed by atoms with van der Waals surface area (Å²) in [5.41, 5.74) is 2.12. The second-order valence-corrected chi connectivity index (χ2v) is 6.16. The predicted octanol–water partition coefficient (Wildman–Crippen LogP) is 2.91. The Bertz CT molecular complexity index is 760. The Hall–Kier alpha value is -2.76. The lowest BCUT2D eigenvalue weighted by Crippen LogP contribution is -2.24. The summed E-state index contributed by atoms with van der Waals surface area (Å²) in [5.74, 6) is 2.48. The molecule has 3 rings (SSSR count). The van der Waals surface area contributed by atoms with Gasteiger partial charge in [-0.2, -0.15) is 0 Å². The Balaban J connectivity index is 1.49. The van der Waals surface area contributed by atoms with Crippen LogP contribution in [-0.2, 0) is 17.8 Å². The van der Waals surface area contributed by atoms with Gasteiger partial charge in [0.05, 0.1) is 0 Å². The molecule has 0 atom stereocenters. The van der Waals surface area contributed by atoms with Crippen molar-refractivity contribution in [1.82, 2.24) is 10.3 Å². The first-order chi connectivity index (χ1) is 12.7. The van der Waals surface area contributed by atoms with Crippen LogP contribution < -0.4 is 19.7 Å². The zero-order valence-electron chi connectivity index (χ0n) is 15.3. The Kier molecular flexibility index (Phi) is 5.94. The van der Waals surface area contributed by atoms with Gasteiger partial charge in [-0.05, 0) is 55.7 Å². The third kappa shape index (κ3) is 4.45. The number of amides is 1. The first-order valence-corrected chi connectivity index (χ1v) is 9.04. The Morgan fingerprint density at radius 1 is 1.12 bits per heavy atom. The molecule has 0 aliphatic carbocycles. The van der Waals surface area contributed by atoms with Crippen molar-refractivity contribution in [2.45, 2.75) is 33.2 Å². The Morgan fingerprint density at radius 2 is 1.92 bits per heavy atom. The quantitative estimate of drug-likeness (QED) is 0.789. The van der Waals surface area contributed by atoms with E-state index in [4.69, 9.17) is 9.47 Å². The van der Waals surface area contributed by atoms with E-state index >= 15 is 0 Å². The number of nitrogens with zero attached hydrogens (tertiary/aromatic N) is 2. The van der Waals surface area contributed by atoms with Gasteiger partial charge in [-0.3, -0.25) is 4.79 Å². The molecule has 0 radical (unpaired) electrons. The van der Waals surface area contributed by atoms with Crippen LogP contribution in [0.5, 0.6) is 11.5 Å². The van der Waals surface area contributed by atoms with Gasteiger partial charge in [-0.1, -0.05) is 6.07 Å². The van der Waals surface area contributed by atoms with E-state index in [-0.39, 0.29) is 12.7 Å². The fraction of sp³-hybridized carbons (Fsp3) is 0.400. The van der Waals surface area contributed by atoms with Crippen molar-refractivity contribution in [2.75, 3.05) is 24.8 Å². The first kappa shape index (κ1) is 18.0. The normalized spacial score (nSPS) is 12.1. The fourth-order valence-electron chi connectivity index (χ4n) is 2.93. The predicted molar refractivity (Wildman–Crippen MR) is 101 cm³/mol. The lowest BCUT2D eigenvalue weighted by atomic mass is 10.1. The number of ether oxygens (including phenoxy) is 2. The fourth-order valence-corrected chi connectivity index (χ4v) is 2.93. The van der Waals surface area contributed by atoms with Crippen molar-refractivity contribution in [3.63, 3.8) is 0 Å². The van der Waals surface area contributed by atoms with Crippen LogP contribution in [0.2, 0.25) is 0 Å². The molecule has 1 aliphatic heterocycles. The molecule has 0 spiro atoms. The molecule has 1 aliphatic rings. The number of hydrogen-bond donors (Lipinski definition) is 1. The average molecular weight is 355 g/mol. The summed E-state index contributed by atoms with van der Waals surface area (Å²) in [7, 11) is 0. The third-order valence-corrected chi connectivity index (χ3v) is 4.46. The van der Waals surface area contributed by atoms with Crippen LogP contribution in [0.4, 0.5) is 5.82 Å². The van der Waals surface area contributed by atoms with E-state index in [0.717, 1.165) is 41.5 Å². The lowest BCUT2D eigenvalue weighted by molar-refractivity contribution is -0.121. The maximum absolute atomic E-state index is 12.2. The smallest absolute Gasteiger partial charge is 0.231 e. The van der Waals surface area contributed by atoms with Gasteiger partial charge in [0.15, 0.2) is 11.5 Å². The van der Waals surface area contributed by atoms with Crippen LogP contribution in [0.1, 0.15) is 31.4 Å². The molecule has 26 heavy (non-hydrogen) atoms. The molecule has 1 aromatic heterocycles. The number of rotatable bonds is 8. The summed E-state index contributed by atoms with van der Waals surface area (Å²) in [5, 5.41) is 2.96. The summed E-state index contributed by atoms with van der Waals surface area (Å²) in [4.78, 5) is 18.8. The Labute approximate surface area is 154 Å². The second kappa shape index (κ2) is 8.56. The van der Waals surface area contributed by atoms with Gasteiger partial charge in [0.1, 0.15) is 5.82 Å². The standard InChI is InChI=1S/C20H25N3O3/c1-3-23(4-2)19-12-15(9-10-21-19)6-8-20(24)22-13-16-5-7-17-18(11-16)26-14-25-17/h5,7,9-12H,3-4,6,8,13-14H2,1-2H3,(H,22,24). The highest BCUT2D eigenvalue weighted by molar-refractivity contribution is 5.76. The van der Waals surface area contributed by atoms with Crippen LogP contribution in [-0.4, -0.2) is 30.8 Å². The van der Waals surface area contributed by atoms with E-state index in [9.17, 15) is 4.79 Å². The summed E-state index contributed by atoms with van der Waals surface area (Å²) in [6, 6.07) is 9.75. The van der Waals surface area contributed by atoms with Gasteiger partial charge in [-0.15, -0.1) is 0 Å². The van der Waals surface area contributed by atoms with Gasteiger partial charge < -0.3 is 19.7 Å². The number of carbonyl (C=O) groups is 1. The number of hydrogen-bond acceptors (Lipinski definition) is 5. The molecular formula is C20H25N3O3. The summed E-state index contributed by atoms with van der Waals surface area (Å²) < 4.78 is 10.6. The maximum atomic E-state index is 12.2. The number of nitrogens with one attached hydrogen (secondary N) is 1. The van der Waals surface area contributed by atoms with Crippen LogP contribution in [0, 0.1) is 0 Å². The minimum absolute atomic E-state index is 0.0314. The second-order valence-electron chi connectivity index (χ2n) is 6.16. The minimum Gasteiger partial charge on any atom is -0.454 e. The average Bonchev–Trinajstić information content (AvgIpc) is 3.14. The first-order valence-electron chi connectivity index (χ1n) is 9.04. The van der Waals surface area contributed by atoms with Crippen LogP contribution >= 0.6 is 0 Å². The van der Waals surface area contributed by atoms with Crippen LogP contribution in [0.15, 0.2) is 36.5 Å². The molecule has 0 saturated heterocycles. The summed E-state index contributed by atoms with van der Waals surface area (Å²) in [6.45, 7) is 6.80. The van der Waals surface area contributed by atoms with E-state index in [1.54, 1.807) is 0 Å². The van der Waals surface area contributed by atoms with E-state index < -0.39 is 0 Å². The molecule has 1 aromatic carbocycles. The van der Waals surface area contributed by atoms with Gasteiger partial charge in [0, 0.05) is 32.3 Å². The minimum atomic E-state index is 0.0314. The largest absolute Gasteiger partial charge is 0.454 e. The lowest BCUT2D eigenvalue weighted by Gasteiger charge is -2.20. The number of carbonyl (C=O) groups excluding carboxylic acids is 1. The number of fused-ring (bicyclic) bond motifs is 1. The zero-order valence-corrected chi connectivity index (χ0v) is 15.3. The molecule has 0 unspecified atom stereocenters. The van der Waals surface area contributed by atoms with Crippen LogP contribution in [0.3, 0.4) is 0 Å². The summed E-state index contributed by atoms with van der Waals surface area (Å²) in [6.07, 6.45) is 2.96. The highest BCUT2D eigenvalue weighted by atomic mass is 16.7.